The molecule has 0 aliphatic rings. The fourth-order valence-corrected chi connectivity index (χ4v) is 2.63. The van der Waals surface area contributed by atoms with Crippen LogP contribution in [0.2, 0.25) is 0 Å². The molecule has 6 heteroatoms. The number of aromatic nitrogens is 1. The first-order valence-electron chi connectivity index (χ1n) is 8.64. The summed E-state index contributed by atoms with van der Waals surface area (Å²) in [6.07, 6.45) is 2.33. The number of aryl methyl sites for hydroxylation is 2. The molecule has 0 spiro atoms. The Kier molecular flexibility index (Phi) is 6.86. The van der Waals surface area contributed by atoms with Crippen molar-refractivity contribution in [3.8, 4) is 0 Å². The van der Waals surface area contributed by atoms with Crippen LogP contribution < -0.4 is 10.6 Å². The van der Waals surface area contributed by atoms with Crippen LogP contribution in [0.3, 0.4) is 0 Å². The zero-order chi connectivity index (χ0) is 19.1. The van der Waals surface area contributed by atoms with Crippen LogP contribution in [0.15, 0.2) is 36.5 Å². The molecule has 0 fully saturated rings. The molecule has 0 aliphatic heterocycles. The Balaban J connectivity index is 2.01. The van der Waals surface area contributed by atoms with E-state index in [1.807, 2.05) is 46.1 Å². The minimum atomic E-state index is -0.273. The highest BCUT2D eigenvalue weighted by atomic mass is 16.2. The maximum absolute atomic E-state index is 12.5. The van der Waals surface area contributed by atoms with Crippen molar-refractivity contribution in [2.24, 2.45) is 0 Å². The SMILES string of the molecule is Cc1cc(C)cc(NC(=O)c2ccnc(C(=O)NCCCN(C)C)c2)c1. The Hall–Kier alpha value is -2.73. The molecule has 0 aliphatic carbocycles. The fraction of sp³-hybridized carbons (Fsp3) is 0.350. The van der Waals surface area contributed by atoms with Gasteiger partial charge in [0, 0.05) is 24.0 Å². The first kappa shape index (κ1) is 19.6. The molecule has 2 amide bonds. The highest BCUT2D eigenvalue weighted by Gasteiger charge is 2.12. The molecule has 1 aromatic carbocycles. The van der Waals surface area contributed by atoms with Crippen LogP contribution in [-0.2, 0) is 0 Å². The second kappa shape index (κ2) is 9.10. The summed E-state index contributed by atoms with van der Waals surface area (Å²) < 4.78 is 0. The topological polar surface area (TPSA) is 74.3 Å². The van der Waals surface area contributed by atoms with Crippen LogP contribution in [0.5, 0.6) is 0 Å². The van der Waals surface area contributed by atoms with E-state index in [1.165, 1.54) is 12.3 Å². The van der Waals surface area contributed by atoms with Crippen LogP contribution in [0.25, 0.3) is 0 Å². The minimum Gasteiger partial charge on any atom is -0.351 e. The molecule has 0 radical (unpaired) electrons. The van der Waals surface area contributed by atoms with Gasteiger partial charge < -0.3 is 15.5 Å². The van der Waals surface area contributed by atoms with Crippen molar-refractivity contribution in [1.29, 1.82) is 0 Å². The fourth-order valence-electron chi connectivity index (χ4n) is 2.63. The smallest absolute Gasteiger partial charge is 0.269 e. The maximum atomic E-state index is 12.5. The Morgan fingerprint density at radius 1 is 1.04 bits per heavy atom. The van der Waals surface area contributed by atoms with Gasteiger partial charge in [0.15, 0.2) is 0 Å². The van der Waals surface area contributed by atoms with Crippen LogP contribution >= 0.6 is 0 Å². The molecule has 0 saturated heterocycles. The Morgan fingerprint density at radius 3 is 2.38 bits per heavy atom. The number of hydrogen-bond acceptors (Lipinski definition) is 4. The van der Waals surface area contributed by atoms with E-state index < -0.39 is 0 Å². The van der Waals surface area contributed by atoms with E-state index in [9.17, 15) is 9.59 Å². The lowest BCUT2D eigenvalue weighted by molar-refractivity contribution is 0.0947. The van der Waals surface area contributed by atoms with Crippen molar-refractivity contribution < 1.29 is 9.59 Å². The standard InChI is InChI=1S/C20H26N4O2/c1-14-10-15(2)12-17(11-14)23-19(25)16-6-8-21-18(13-16)20(26)22-7-5-9-24(3)4/h6,8,10-13H,5,7,9H2,1-4H3,(H,22,26)(H,23,25). The van der Waals surface area contributed by atoms with Gasteiger partial charge in [0.2, 0.25) is 0 Å². The predicted octanol–water partition coefficient (Wildman–Crippen LogP) is 2.63. The van der Waals surface area contributed by atoms with E-state index in [2.05, 4.69) is 20.5 Å². The predicted molar refractivity (Wildman–Crippen MR) is 104 cm³/mol. The number of rotatable bonds is 7. The van der Waals surface area contributed by atoms with Crippen molar-refractivity contribution in [2.45, 2.75) is 20.3 Å². The van der Waals surface area contributed by atoms with E-state index >= 15 is 0 Å². The first-order chi connectivity index (χ1) is 12.3. The van der Waals surface area contributed by atoms with Gasteiger partial charge in [-0.25, -0.2) is 0 Å². The number of amides is 2. The number of nitrogens with one attached hydrogen (secondary N) is 2. The molecule has 2 N–H and O–H groups in total. The Labute approximate surface area is 154 Å². The summed E-state index contributed by atoms with van der Waals surface area (Å²) in [5.74, 6) is -0.538. The third kappa shape index (κ3) is 5.97. The normalized spacial score (nSPS) is 10.7. The monoisotopic (exact) mass is 354 g/mol. The van der Waals surface area contributed by atoms with Crippen molar-refractivity contribution in [2.75, 3.05) is 32.5 Å². The summed E-state index contributed by atoms with van der Waals surface area (Å²) in [6.45, 7) is 5.42. The number of anilines is 1. The highest BCUT2D eigenvalue weighted by Crippen LogP contribution is 2.15. The molecule has 26 heavy (non-hydrogen) atoms. The zero-order valence-electron chi connectivity index (χ0n) is 15.8. The molecule has 1 aromatic heterocycles. The third-order valence-corrected chi connectivity index (χ3v) is 3.80. The number of nitrogens with zero attached hydrogens (tertiary/aromatic N) is 2. The summed E-state index contributed by atoms with van der Waals surface area (Å²) in [7, 11) is 3.97. The summed E-state index contributed by atoms with van der Waals surface area (Å²) in [5, 5.41) is 5.69. The van der Waals surface area contributed by atoms with Crippen molar-refractivity contribution >= 4 is 17.5 Å². The van der Waals surface area contributed by atoms with Crippen molar-refractivity contribution in [1.82, 2.24) is 15.2 Å². The molecule has 2 aromatic rings. The Bertz CT molecular complexity index is 767. The molecular weight excluding hydrogens is 328 g/mol. The largest absolute Gasteiger partial charge is 0.351 e. The maximum Gasteiger partial charge on any atom is 0.269 e. The van der Waals surface area contributed by atoms with Gasteiger partial charge in [0.1, 0.15) is 5.69 Å². The van der Waals surface area contributed by atoms with Gasteiger partial charge >= 0.3 is 0 Å². The Morgan fingerprint density at radius 2 is 1.73 bits per heavy atom. The van der Waals surface area contributed by atoms with Gasteiger partial charge in [-0.05, 0) is 76.3 Å². The van der Waals surface area contributed by atoms with Gasteiger partial charge in [0.25, 0.3) is 11.8 Å². The van der Waals surface area contributed by atoms with Crippen LogP contribution in [0.1, 0.15) is 38.4 Å². The molecule has 6 nitrogen and oxygen atoms in total. The molecule has 0 unspecified atom stereocenters. The summed E-state index contributed by atoms with van der Waals surface area (Å²) >= 11 is 0. The molecule has 2 rings (SSSR count). The summed E-state index contributed by atoms with van der Waals surface area (Å²) in [4.78, 5) is 30.8. The van der Waals surface area contributed by atoms with Gasteiger partial charge in [-0.3, -0.25) is 14.6 Å². The lowest BCUT2D eigenvalue weighted by Gasteiger charge is -2.10. The van der Waals surface area contributed by atoms with Crippen molar-refractivity contribution in [3.05, 3.63) is 58.9 Å². The van der Waals surface area contributed by atoms with E-state index in [0.717, 1.165) is 29.8 Å². The number of pyridine rings is 1. The molecule has 0 atom stereocenters. The first-order valence-corrected chi connectivity index (χ1v) is 8.64. The average molecular weight is 354 g/mol. The van der Waals surface area contributed by atoms with Crippen molar-refractivity contribution in [3.63, 3.8) is 0 Å². The third-order valence-electron chi connectivity index (χ3n) is 3.80. The number of hydrogen-bond donors (Lipinski definition) is 2. The number of benzene rings is 1. The number of carbonyl (C=O) groups excluding carboxylic acids is 2. The number of carbonyl (C=O) groups is 2. The summed E-state index contributed by atoms with van der Waals surface area (Å²) in [6, 6.07) is 8.97. The lowest BCUT2D eigenvalue weighted by Crippen LogP contribution is -2.28. The van der Waals surface area contributed by atoms with Gasteiger partial charge in [-0.15, -0.1) is 0 Å². The molecule has 1 heterocycles. The lowest BCUT2D eigenvalue weighted by atomic mass is 10.1. The second-order valence-corrected chi connectivity index (χ2v) is 6.67. The highest BCUT2D eigenvalue weighted by molar-refractivity contribution is 6.05. The van der Waals surface area contributed by atoms with E-state index in [0.29, 0.717) is 12.1 Å². The molecule has 138 valence electrons. The van der Waals surface area contributed by atoms with Gasteiger partial charge in [0.05, 0.1) is 0 Å². The minimum absolute atomic E-state index is 0.239. The van der Waals surface area contributed by atoms with Crippen LogP contribution in [0, 0.1) is 13.8 Å². The molecule has 0 bridgehead atoms. The molecule has 0 saturated carbocycles. The van der Waals surface area contributed by atoms with Crippen LogP contribution in [0.4, 0.5) is 5.69 Å². The second-order valence-electron chi connectivity index (χ2n) is 6.67. The van der Waals surface area contributed by atoms with E-state index in [4.69, 9.17) is 0 Å². The van der Waals surface area contributed by atoms with E-state index in [1.54, 1.807) is 6.07 Å². The molecular formula is C20H26N4O2. The average Bonchev–Trinajstić information content (AvgIpc) is 2.57. The zero-order valence-corrected chi connectivity index (χ0v) is 15.8. The van der Waals surface area contributed by atoms with Crippen LogP contribution in [-0.4, -0.2) is 48.9 Å². The quantitative estimate of drug-likeness (QED) is 0.750. The van der Waals surface area contributed by atoms with Gasteiger partial charge in [-0.2, -0.15) is 0 Å². The van der Waals surface area contributed by atoms with Gasteiger partial charge in [-0.1, -0.05) is 6.07 Å². The summed E-state index contributed by atoms with van der Waals surface area (Å²) in [5.41, 5.74) is 3.53. The van der Waals surface area contributed by atoms with E-state index in [-0.39, 0.29) is 17.5 Å².